The molecule has 8 rings (SSSR count). The number of piperazine rings is 1. The highest BCUT2D eigenvalue weighted by atomic mass is 32.2. The monoisotopic (exact) mass is 901 g/mol. The number of anilines is 3. The Bertz CT molecular complexity index is 2080. The number of amides is 2. The number of aromatic nitrogens is 3. The van der Waals surface area contributed by atoms with Gasteiger partial charge in [-0.25, -0.2) is 23.6 Å². The van der Waals surface area contributed by atoms with Gasteiger partial charge in [0.05, 0.1) is 27.0 Å². The van der Waals surface area contributed by atoms with E-state index in [1.807, 2.05) is 13.0 Å². The summed E-state index contributed by atoms with van der Waals surface area (Å²) < 4.78 is 30.7. The van der Waals surface area contributed by atoms with Gasteiger partial charge in [-0.1, -0.05) is 71.2 Å². The Morgan fingerprint density at radius 2 is 1.56 bits per heavy atom. The Morgan fingerprint density at radius 1 is 0.857 bits per heavy atom. The van der Waals surface area contributed by atoms with Crippen LogP contribution in [0.4, 0.5) is 21.7 Å². The van der Waals surface area contributed by atoms with Crippen molar-refractivity contribution in [2.45, 2.75) is 110 Å². The van der Waals surface area contributed by atoms with Crippen molar-refractivity contribution in [3.05, 3.63) is 71.6 Å². The molecule has 3 N–H and O–H groups in total. The van der Waals surface area contributed by atoms with Crippen LogP contribution in [0.1, 0.15) is 103 Å². The molecular formula is C48H68FN9O3S2. The summed E-state index contributed by atoms with van der Waals surface area (Å²) >= 11 is 1.53. The number of benzene rings is 2. The van der Waals surface area contributed by atoms with Gasteiger partial charge in [0.2, 0.25) is 17.8 Å². The molecule has 2 aromatic carbocycles. The van der Waals surface area contributed by atoms with Crippen molar-refractivity contribution in [2.24, 2.45) is 5.92 Å². The predicted molar refractivity (Wildman–Crippen MR) is 257 cm³/mol. The summed E-state index contributed by atoms with van der Waals surface area (Å²) in [5.41, 5.74) is 3.03. The number of hydrogen-bond acceptors (Lipinski definition) is 11. The Labute approximate surface area is 380 Å². The first-order valence-corrected chi connectivity index (χ1v) is 25.1. The summed E-state index contributed by atoms with van der Waals surface area (Å²) in [6.45, 7) is 17.0. The van der Waals surface area contributed by atoms with Crippen molar-refractivity contribution in [1.82, 2.24) is 30.1 Å². The minimum absolute atomic E-state index is 0.138. The van der Waals surface area contributed by atoms with Gasteiger partial charge in [-0.05, 0) is 81.8 Å². The largest absolute Gasteiger partial charge is 0.372 e. The number of likely N-dealkylation sites (N-methyl/N-ethyl adjacent to an activating group) is 1. The minimum atomic E-state index is -1.34. The van der Waals surface area contributed by atoms with Crippen molar-refractivity contribution >= 4 is 51.5 Å². The Morgan fingerprint density at radius 3 is 2.19 bits per heavy atom. The van der Waals surface area contributed by atoms with E-state index in [0.717, 1.165) is 35.1 Å². The molecule has 63 heavy (non-hydrogen) atoms. The maximum Gasteiger partial charge on any atom is 0.226 e. The summed E-state index contributed by atoms with van der Waals surface area (Å²) in [4.78, 5) is 43.3. The van der Waals surface area contributed by atoms with Crippen molar-refractivity contribution < 1.29 is 18.2 Å². The number of nitrogens with one attached hydrogen (secondary N) is 3. The third kappa shape index (κ3) is 14.6. The minimum Gasteiger partial charge on any atom is -0.372 e. The van der Waals surface area contributed by atoms with Crippen LogP contribution in [0.5, 0.6) is 0 Å². The molecule has 12 nitrogen and oxygen atoms in total. The molecule has 5 heterocycles. The molecule has 4 fully saturated rings. The van der Waals surface area contributed by atoms with Crippen molar-refractivity contribution in [3.63, 3.8) is 0 Å². The highest BCUT2D eigenvalue weighted by Crippen LogP contribution is 2.42. The number of carbonyl (C=O) groups is 2. The van der Waals surface area contributed by atoms with E-state index < -0.39 is 16.8 Å². The second-order valence-electron chi connectivity index (χ2n) is 18.2. The molecule has 1 unspecified atom stereocenters. The van der Waals surface area contributed by atoms with Crippen LogP contribution < -0.4 is 20.3 Å². The van der Waals surface area contributed by atoms with Crippen LogP contribution in [-0.2, 0) is 26.0 Å². The second-order valence-corrected chi connectivity index (χ2v) is 20.5. The maximum absolute atomic E-state index is 15.7. The summed E-state index contributed by atoms with van der Waals surface area (Å²) in [5, 5.41) is 6.59. The van der Waals surface area contributed by atoms with Gasteiger partial charge < -0.3 is 24.7 Å². The lowest BCUT2D eigenvalue weighted by Gasteiger charge is -2.38. The fourth-order valence-electron chi connectivity index (χ4n) is 8.23. The third-order valence-electron chi connectivity index (χ3n) is 11.9. The first-order valence-electron chi connectivity index (χ1n) is 22.9. The number of rotatable bonds is 11. The molecular weight excluding hydrogens is 834 g/mol. The Kier molecular flexibility index (Phi) is 18.0. The normalized spacial score (nSPS) is 18.7. The maximum atomic E-state index is 15.7. The van der Waals surface area contributed by atoms with Crippen LogP contribution in [0.15, 0.2) is 60.8 Å². The van der Waals surface area contributed by atoms with Gasteiger partial charge >= 0.3 is 0 Å². The topological polar surface area (TPSA) is 136 Å². The van der Waals surface area contributed by atoms with Gasteiger partial charge in [-0.15, -0.1) is 11.3 Å². The lowest BCUT2D eigenvalue weighted by molar-refractivity contribution is -0.132. The number of para-hydroxylation sites is 1. The van der Waals surface area contributed by atoms with Gasteiger partial charge in [0.1, 0.15) is 11.0 Å². The SMILES string of the molecule is CCCS(=O)Nc1cccc(-c2nc(C(C)(C)C)sc2-c2ccnc(NC3CCCCC3)n2)c1F.CN1CCN(CC2CCN(c3ccccc3)CC2)CC1.O=C1CCCC(=O)N1. The summed E-state index contributed by atoms with van der Waals surface area (Å²) in [6, 6.07) is 18.2. The molecule has 1 saturated carbocycles. The quantitative estimate of drug-likeness (QED) is 0.125. The molecule has 2 amide bonds. The molecule has 3 aliphatic heterocycles. The first kappa shape index (κ1) is 48.2. The van der Waals surface area contributed by atoms with Gasteiger partial charge in [-0.2, -0.15) is 0 Å². The number of hydrogen-bond donors (Lipinski definition) is 3. The third-order valence-corrected chi connectivity index (χ3v) is 14.6. The number of halogens is 1. The van der Waals surface area contributed by atoms with E-state index in [9.17, 15) is 13.8 Å². The molecule has 3 saturated heterocycles. The van der Waals surface area contributed by atoms with Gasteiger partial charge in [0.25, 0.3) is 0 Å². The van der Waals surface area contributed by atoms with Crippen LogP contribution in [0.3, 0.4) is 0 Å². The highest BCUT2D eigenvalue weighted by molar-refractivity contribution is 7.86. The molecule has 342 valence electrons. The van der Waals surface area contributed by atoms with E-state index in [2.05, 4.69) is 93.2 Å². The van der Waals surface area contributed by atoms with Crippen LogP contribution in [0.25, 0.3) is 21.8 Å². The van der Waals surface area contributed by atoms with E-state index >= 15 is 4.39 Å². The van der Waals surface area contributed by atoms with E-state index in [1.165, 1.54) is 94.9 Å². The molecule has 0 radical (unpaired) electrons. The van der Waals surface area contributed by atoms with Gasteiger partial charge in [-0.3, -0.25) is 14.9 Å². The van der Waals surface area contributed by atoms with Gasteiger partial charge in [0.15, 0.2) is 5.82 Å². The molecule has 4 aromatic rings. The molecule has 0 spiro atoms. The number of piperidine rings is 2. The lowest BCUT2D eigenvalue weighted by atomic mass is 9.95. The van der Waals surface area contributed by atoms with Crippen molar-refractivity contribution in [2.75, 3.05) is 73.6 Å². The van der Waals surface area contributed by atoms with Crippen molar-refractivity contribution in [1.29, 1.82) is 0 Å². The van der Waals surface area contributed by atoms with Gasteiger partial charge in [0, 0.05) is 93.3 Å². The van der Waals surface area contributed by atoms with Crippen LogP contribution in [-0.4, -0.2) is 105 Å². The average Bonchev–Trinajstić information content (AvgIpc) is 3.74. The molecule has 2 aromatic heterocycles. The molecule has 1 aliphatic carbocycles. The van der Waals surface area contributed by atoms with E-state index in [4.69, 9.17) is 9.97 Å². The summed E-state index contributed by atoms with van der Waals surface area (Å²) in [6.07, 6.45) is 12.9. The average molecular weight is 902 g/mol. The van der Waals surface area contributed by atoms with Crippen molar-refractivity contribution in [3.8, 4) is 21.8 Å². The molecule has 1 atom stereocenters. The molecule has 0 bridgehead atoms. The smallest absolute Gasteiger partial charge is 0.226 e. The van der Waals surface area contributed by atoms with Crippen LogP contribution in [0, 0.1) is 11.7 Å². The highest BCUT2D eigenvalue weighted by Gasteiger charge is 2.27. The Hall–Kier alpha value is -4.31. The summed E-state index contributed by atoms with van der Waals surface area (Å²) in [5.74, 6) is 1.22. The standard InChI is InChI=1S/C26H34FN5OS2.C17H27N3.C5H7NO2/c1-5-16-35(33)32-19-13-9-12-18(21(19)27)22-23(34-24(31-22)26(2,3)4)20-14-15-28-25(30-20)29-17-10-7-6-8-11-17;1-18-11-13-19(14-12-18)15-16-7-9-20(10-8-16)17-5-3-2-4-6-17;7-4-2-1-3-5(8)6-4/h9,12-15,17,32H,5-8,10-11,16H2,1-4H3,(H,28,29,30);2-6,16H,7-15H2,1H3;1-3H2,(H,6,7,8). The Balaban J connectivity index is 0.000000196. The lowest BCUT2D eigenvalue weighted by Crippen LogP contribution is -2.47. The number of thiazole rings is 1. The zero-order valence-electron chi connectivity index (χ0n) is 38.0. The molecule has 4 aliphatic rings. The van der Waals surface area contributed by atoms with E-state index in [0.29, 0.717) is 54.0 Å². The second kappa shape index (κ2) is 23.6. The first-order chi connectivity index (χ1) is 30.4. The zero-order valence-corrected chi connectivity index (χ0v) is 39.6. The van der Waals surface area contributed by atoms with E-state index in [-0.39, 0.29) is 22.9 Å². The zero-order chi connectivity index (χ0) is 44.8. The fourth-order valence-corrected chi connectivity index (χ4v) is 10.2. The number of imide groups is 1. The van der Waals surface area contributed by atoms with Crippen LogP contribution in [0.2, 0.25) is 0 Å². The molecule has 15 heteroatoms. The fraction of sp³-hybridized carbons (Fsp3) is 0.562. The van der Waals surface area contributed by atoms with E-state index in [1.54, 1.807) is 24.4 Å². The van der Waals surface area contributed by atoms with Crippen LogP contribution >= 0.6 is 11.3 Å². The number of nitrogens with zero attached hydrogens (tertiary/aromatic N) is 6. The number of carbonyl (C=O) groups excluding carboxylic acids is 2. The summed E-state index contributed by atoms with van der Waals surface area (Å²) in [7, 11) is 0.892. The predicted octanol–water partition coefficient (Wildman–Crippen LogP) is 8.90.